The Morgan fingerprint density at radius 2 is 1.24 bits per heavy atom. The van der Waals surface area contributed by atoms with Crippen molar-refractivity contribution in [3.8, 4) is 11.5 Å². The molecule has 14 heteroatoms. The molecular weight excluding hydrogens is 450 g/mol. The first-order valence-electron chi connectivity index (χ1n) is 9.66. The van der Waals surface area contributed by atoms with E-state index in [-0.39, 0.29) is 11.5 Å². The van der Waals surface area contributed by atoms with Gasteiger partial charge < -0.3 is 60.5 Å². The first-order valence-corrected chi connectivity index (χ1v) is 9.66. The highest BCUT2D eigenvalue weighted by Crippen LogP contribution is 2.60. The number of aliphatic hydroxyl groups is 10. The van der Waals surface area contributed by atoms with Crippen LogP contribution in [-0.2, 0) is 16.3 Å². The predicted octanol–water partition coefficient (Wildman–Crippen LogP) is -4.38. The van der Waals surface area contributed by atoms with Gasteiger partial charge in [-0.25, -0.2) is 0 Å². The zero-order valence-electron chi connectivity index (χ0n) is 18.1. The lowest BCUT2D eigenvalue weighted by Gasteiger charge is -2.65. The van der Waals surface area contributed by atoms with Crippen LogP contribution in [0.4, 0.5) is 0 Å². The molecule has 1 aromatic rings. The highest BCUT2D eigenvalue weighted by Gasteiger charge is 2.85. The molecular formula is C19H27NO13. The molecule has 0 spiro atoms. The van der Waals surface area contributed by atoms with Crippen molar-refractivity contribution in [2.75, 3.05) is 14.2 Å². The Morgan fingerprint density at radius 1 is 0.788 bits per heavy atom. The molecule has 33 heavy (non-hydrogen) atoms. The van der Waals surface area contributed by atoms with Gasteiger partial charge in [0.15, 0.2) is 17.1 Å². The Morgan fingerprint density at radius 3 is 1.67 bits per heavy atom. The second-order valence-corrected chi connectivity index (χ2v) is 8.66. The summed E-state index contributed by atoms with van der Waals surface area (Å²) in [6.45, 7) is 2.80. The van der Waals surface area contributed by atoms with Crippen LogP contribution in [0.15, 0.2) is 12.1 Å². The van der Waals surface area contributed by atoms with Crippen molar-refractivity contribution >= 4 is 5.78 Å². The quantitative estimate of drug-likeness (QED) is 0.184. The number of ether oxygens (including phenoxy) is 2. The molecule has 2 aliphatic heterocycles. The molecule has 2 heterocycles. The lowest BCUT2D eigenvalue weighted by molar-refractivity contribution is -0.559. The topological polar surface area (TPSA) is 241 Å². The van der Waals surface area contributed by atoms with Crippen molar-refractivity contribution in [3.63, 3.8) is 0 Å². The van der Waals surface area contributed by atoms with E-state index in [1.807, 2.05) is 0 Å². The van der Waals surface area contributed by atoms with Crippen molar-refractivity contribution in [3.05, 3.63) is 23.3 Å². The summed E-state index contributed by atoms with van der Waals surface area (Å²) in [7, 11) is 2.24. The lowest BCUT2D eigenvalue weighted by atomic mass is 9.67. The number of benzene rings is 1. The van der Waals surface area contributed by atoms with E-state index < -0.39 is 68.9 Å². The fraction of sp³-hybridized carbons (Fsp3) is 0.632. The summed E-state index contributed by atoms with van der Waals surface area (Å²) in [4.78, 5) is 12.3. The zero-order chi connectivity index (χ0) is 25.6. The van der Waals surface area contributed by atoms with Crippen molar-refractivity contribution in [2.45, 2.75) is 55.0 Å². The Hall–Kier alpha value is -1.95. The van der Waals surface area contributed by atoms with Gasteiger partial charge in [-0.15, -0.1) is 0 Å². The largest absolute Gasteiger partial charge is 0.493 e. The molecule has 0 aromatic heterocycles. The van der Waals surface area contributed by atoms with Crippen LogP contribution in [0.1, 0.15) is 31.4 Å². The lowest BCUT2D eigenvalue weighted by Crippen LogP contribution is -2.92. The average molecular weight is 477 g/mol. The second-order valence-electron chi connectivity index (χ2n) is 8.66. The molecule has 14 nitrogen and oxygen atoms in total. The number of carbonyl (C=O) groups is 1. The van der Waals surface area contributed by atoms with Gasteiger partial charge in [0, 0.05) is 11.1 Å². The van der Waals surface area contributed by atoms with Crippen LogP contribution in [0.2, 0.25) is 0 Å². The molecule has 0 aliphatic carbocycles. The molecule has 0 amide bonds. The maximum absolute atomic E-state index is 13.0. The van der Waals surface area contributed by atoms with Crippen LogP contribution in [0.5, 0.6) is 11.5 Å². The molecule has 0 bridgehead atoms. The van der Waals surface area contributed by atoms with Gasteiger partial charge in [0.1, 0.15) is 0 Å². The number of ketones is 1. The highest BCUT2D eigenvalue weighted by atomic mass is 16.7. The zero-order valence-corrected chi connectivity index (χ0v) is 18.1. The standard InChI is InChI=1S/C19H27NO13/c1-8(2)7-14(22)13(21)17(26,27)15(23)9-5-11(32-3)12(33-4)6-10(9)16(24,25)19(30,31)20(15)18(14,28)29/h5-6,8,22-31H,7H2,1-4H3. The number of hydrogen-bond donors (Lipinski definition) is 10. The maximum Gasteiger partial charge on any atom is 0.293 e. The van der Waals surface area contributed by atoms with E-state index in [0.29, 0.717) is 0 Å². The summed E-state index contributed by atoms with van der Waals surface area (Å²) in [6, 6.07) is 1.44. The molecule has 1 fully saturated rings. The first-order chi connectivity index (χ1) is 14.8. The highest BCUT2D eigenvalue weighted by molar-refractivity contribution is 5.96. The van der Waals surface area contributed by atoms with Gasteiger partial charge in [-0.05, 0) is 24.5 Å². The van der Waals surface area contributed by atoms with Crippen LogP contribution in [0, 0.1) is 5.92 Å². The fourth-order valence-electron chi connectivity index (χ4n) is 4.53. The molecule has 10 N–H and O–H groups in total. The van der Waals surface area contributed by atoms with Crippen LogP contribution >= 0.6 is 0 Å². The molecule has 186 valence electrons. The van der Waals surface area contributed by atoms with Crippen LogP contribution < -0.4 is 9.47 Å². The molecule has 2 aliphatic rings. The molecule has 1 aromatic carbocycles. The SMILES string of the molecule is COc1cc2c(cc1OC)C1(O)N(C(O)(O)C(O)(CC(C)C)C(=O)C1(O)O)C(O)(O)C2(O)O. The number of methoxy groups -OCH3 is 2. The van der Waals surface area contributed by atoms with Gasteiger partial charge in [-0.2, -0.15) is 4.90 Å². The normalized spacial score (nSPS) is 31.7. The van der Waals surface area contributed by atoms with Gasteiger partial charge in [0.05, 0.1) is 14.2 Å². The third-order valence-electron chi connectivity index (χ3n) is 6.13. The van der Waals surface area contributed by atoms with Gasteiger partial charge in [0.25, 0.3) is 23.4 Å². The van der Waals surface area contributed by atoms with Crippen LogP contribution in [0.3, 0.4) is 0 Å². The minimum atomic E-state index is -4.36. The summed E-state index contributed by atoms with van der Waals surface area (Å²) in [5, 5.41) is 108. The smallest absolute Gasteiger partial charge is 0.293 e. The van der Waals surface area contributed by atoms with Crippen molar-refractivity contribution in [1.29, 1.82) is 0 Å². The number of rotatable bonds is 4. The van der Waals surface area contributed by atoms with E-state index in [4.69, 9.17) is 9.47 Å². The monoisotopic (exact) mass is 477 g/mol. The van der Waals surface area contributed by atoms with E-state index in [2.05, 4.69) is 0 Å². The van der Waals surface area contributed by atoms with E-state index in [9.17, 15) is 55.9 Å². The number of fused-ring (bicyclic) bond motifs is 3. The molecule has 2 unspecified atom stereocenters. The van der Waals surface area contributed by atoms with E-state index >= 15 is 0 Å². The number of carbonyl (C=O) groups excluding carboxylic acids is 1. The Balaban J connectivity index is 2.52. The predicted molar refractivity (Wildman–Crippen MR) is 102 cm³/mol. The molecule has 0 saturated carbocycles. The third kappa shape index (κ3) is 2.79. The summed E-state index contributed by atoms with van der Waals surface area (Å²) in [6.07, 6.45) is -0.896. The number of nitrogens with zero attached hydrogens (tertiary/aromatic N) is 1. The molecule has 3 rings (SSSR count). The number of Topliss-reactive ketones (excluding diaryl/α,β-unsaturated/α-hetero) is 1. The molecule has 2 atom stereocenters. The number of piperidine rings is 1. The molecule has 0 radical (unpaired) electrons. The van der Waals surface area contributed by atoms with Crippen molar-refractivity contribution in [1.82, 2.24) is 4.90 Å². The van der Waals surface area contributed by atoms with E-state index in [1.165, 1.54) is 13.8 Å². The Bertz CT molecular complexity index is 988. The third-order valence-corrected chi connectivity index (χ3v) is 6.13. The first kappa shape index (κ1) is 25.7. The van der Waals surface area contributed by atoms with Crippen LogP contribution in [0.25, 0.3) is 0 Å². The van der Waals surface area contributed by atoms with Gasteiger partial charge in [-0.1, -0.05) is 13.8 Å². The summed E-state index contributed by atoms with van der Waals surface area (Å²) in [5.74, 6) is -20.0. The maximum atomic E-state index is 13.0. The van der Waals surface area contributed by atoms with Gasteiger partial charge in [-0.3, -0.25) is 4.79 Å². The number of hydrogen-bond acceptors (Lipinski definition) is 14. The van der Waals surface area contributed by atoms with Crippen molar-refractivity contribution < 1.29 is 65.3 Å². The second kappa shape index (κ2) is 7.03. The van der Waals surface area contributed by atoms with E-state index in [0.717, 1.165) is 26.4 Å². The summed E-state index contributed by atoms with van der Waals surface area (Å²) in [5.41, 5.74) is -9.53. The van der Waals surface area contributed by atoms with Crippen molar-refractivity contribution in [2.24, 2.45) is 5.92 Å². The Labute approximate surface area is 186 Å². The Kier molecular flexibility index (Phi) is 5.47. The van der Waals surface area contributed by atoms with Crippen LogP contribution in [-0.4, -0.2) is 99.2 Å². The minimum Gasteiger partial charge on any atom is -0.493 e. The van der Waals surface area contributed by atoms with Gasteiger partial charge in [0.2, 0.25) is 11.5 Å². The van der Waals surface area contributed by atoms with Gasteiger partial charge >= 0.3 is 0 Å². The average Bonchev–Trinajstić information content (AvgIpc) is 2.68. The fourth-order valence-corrected chi connectivity index (χ4v) is 4.53. The van der Waals surface area contributed by atoms with E-state index in [1.54, 1.807) is 0 Å². The molecule has 1 saturated heterocycles. The summed E-state index contributed by atoms with van der Waals surface area (Å²) < 4.78 is 10.0. The summed E-state index contributed by atoms with van der Waals surface area (Å²) >= 11 is 0. The minimum absolute atomic E-state index is 0.254.